The summed E-state index contributed by atoms with van der Waals surface area (Å²) in [7, 11) is 0. The zero-order valence-electron chi connectivity index (χ0n) is 15.0. The summed E-state index contributed by atoms with van der Waals surface area (Å²) in [6, 6.07) is 10.5. The molecule has 1 saturated heterocycles. The van der Waals surface area contributed by atoms with Gasteiger partial charge in [0.15, 0.2) is 5.78 Å². The largest absolute Gasteiger partial charge is 0.472 e. The fraction of sp³-hybridized carbons (Fsp3) is 0.350. The predicted octanol–water partition coefficient (Wildman–Crippen LogP) is 3.74. The number of amides is 1. The Hall–Kier alpha value is -2.90. The first kappa shape index (κ1) is 19.9. The molecule has 1 fully saturated rings. The Morgan fingerprint density at radius 1 is 1.14 bits per heavy atom. The first-order chi connectivity index (χ1) is 13.3. The van der Waals surface area contributed by atoms with Crippen molar-refractivity contribution in [3.05, 3.63) is 59.8 Å². The second kappa shape index (κ2) is 8.41. The van der Waals surface area contributed by atoms with E-state index in [9.17, 15) is 22.8 Å². The Labute approximate surface area is 160 Å². The van der Waals surface area contributed by atoms with Crippen LogP contribution in [0, 0.1) is 0 Å². The molecule has 0 saturated carbocycles. The van der Waals surface area contributed by atoms with E-state index in [4.69, 9.17) is 4.74 Å². The second-order valence-corrected chi connectivity index (χ2v) is 6.54. The summed E-state index contributed by atoms with van der Waals surface area (Å²) < 4.78 is 43.8. The van der Waals surface area contributed by atoms with Crippen LogP contribution in [0.2, 0.25) is 0 Å². The van der Waals surface area contributed by atoms with Crippen LogP contribution in [0.1, 0.15) is 35.2 Å². The summed E-state index contributed by atoms with van der Waals surface area (Å²) >= 11 is 0. The van der Waals surface area contributed by atoms with Crippen LogP contribution >= 0.6 is 0 Å². The molecular formula is C20H19F3N2O3. The number of benzene rings is 1. The molecule has 1 aliphatic rings. The first-order valence-electron chi connectivity index (χ1n) is 8.89. The van der Waals surface area contributed by atoms with Gasteiger partial charge < -0.3 is 9.64 Å². The molecule has 3 rings (SSSR count). The maximum absolute atomic E-state index is 12.8. The van der Waals surface area contributed by atoms with E-state index in [0.717, 1.165) is 18.3 Å². The topological polar surface area (TPSA) is 59.5 Å². The van der Waals surface area contributed by atoms with Crippen LogP contribution in [-0.2, 0) is 11.0 Å². The number of pyridine rings is 1. The van der Waals surface area contributed by atoms with Crippen molar-refractivity contribution < 1.29 is 27.5 Å². The van der Waals surface area contributed by atoms with Gasteiger partial charge >= 0.3 is 6.18 Å². The van der Waals surface area contributed by atoms with E-state index < -0.39 is 17.8 Å². The summed E-state index contributed by atoms with van der Waals surface area (Å²) in [5, 5.41) is 0. The number of halogens is 3. The van der Waals surface area contributed by atoms with Gasteiger partial charge in [-0.2, -0.15) is 13.2 Å². The maximum atomic E-state index is 12.8. The van der Waals surface area contributed by atoms with Crippen molar-refractivity contribution in [2.75, 3.05) is 13.1 Å². The van der Waals surface area contributed by atoms with E-state index in [1.807, 2.05) is 6.07 Å². The van der Waals surface area contributed by atoms with Crippen molar-refractivity contribution >= 4 is 11.7 Å². The number of ketones is 1. The number of ether oxygens (including phenoxy) is 1. The average molecular weight is 392 g/mol. The molecular weight excluding hydrogens is 373 g/mol. The standard InChI is InChI=1S/C20H19F3N2O3/c21-20(22,23)15-8-10-24-18(12-15)28-16-9-11-25(13-16)19(27)7-6-17(26)14-4-2-1-3-5-14/h1-5,8,10,12,16H,6-7,9,11,13H2. The molecule has 28 heavy (non-hydrogen) atoms. The number of Topliss-reactive ketones (excluding diaryl/α,β-unsaturated/α-hetero) is 1. The van der Waals surface area contributed by atoms with Crippen LogP contribution in [0.25, 0.3) is 0 Å². The van der Waals surface area contributed by atoms with Crippen molar-refractivity contribution in [3.8, 4) is 5.88 Å². The second-order valence-electron chi connectivity index (χ2n) is 6.54. The highest BCUT2D eigenvalue weighted by Crippen LogP contribution is 2.31. The van der Waals surface area contributed by atoms with Gasteiger partial charge in [-0.05, 0) is 6.07 Å². The predicted molar refractivity (Wildman–Crippen MR) is 94.9 cm³/mol. The Balaban J connectivity index is 1.50. The number of aromatic nitrogens is 1. The highest BCUT2D eigenvalue weighted by Gasteiger charge is 2.32. The van der Waals surface area contributed by atoms with E-state index >= 15 is 0 Å². The Morgan fingerprint density at radius 2 is 1.89 bits per heavy atom. The lowest BCUT2D eigenvalue weighted by atomic mass is 10.1. The molecule has 0 radical (unpaired) electrons. The van der Waals surface area contributed by atoms with Crippen LogP contribution in [-0.4, -0.2) is 40.8 Å². The summed E-state index contributed by atoms with van der Waals surface area (Å²) in [6.07, 6.45) is -3.15. The Morgan fingerprint density at radius 3 is 2.61 bits per heavy atom. The first-order valence-corrected chi connectivity index (χ1v) is 8.89. The number of hydrogen-bond donors (Lipinski definition) is 0. The summed E-state index contributed by atoms with van der Waals surface area (Å²) in [5.41, 5.74) is -0.267. The minimum absolute atomic E-state index is 0.0856. The van der Waals surface area contributed by atoms with Crippen molar-refractivity contribution in [2.45, 2.75) is 31.5 Å². The lowest BCUT2D eigenvalue weighted by molar-refractivity contribution is -0.137. The minimum atomic E-state index is -4.47. The van der Waals surface area contributed by atoms with Crippen LogP contribution in [0.15, 0.2) is 48.7 Å². The molecule has 1 aliphatic heterocycles. The van der Waals surface area contributed by atoms with Crippen LogP contribution in [0.4, 0.5) is 13.2 Å². The zero-order valence-corrected chi connectivity index (χ0v) is 15.0. The number of rotatable bonds is 6. The molecule has 1 aromatic carbocycles. The van der Waals surface area contributed by atoms with Gasteiger partial charge in [-0.1, -0.05) is 30.3 Å². The highest BCUT2D eigenvalue weighted by molar-refractivity contribution is 5.97. The van der Waals surface area contributed by atoms with Crippen LogP contribution in [0.5, 0.6) is 5.88 Å². The molecule has 1 unspecified atom stereocenters. The van der Waals surface area contributed by atoms with Gasteiger partial charge in [0.1, 0.15) is 6.10 Å². The maximum Gasteiger partial charge on any atom is 0.416 e. The van der Waals surface area contributed by atoms with E-state index in [-0.39, 0.29) is 37.0 Å². The third-order valence-corrected chi connectivity index (χ3v) is 4.51. The molecule has 8 heteroatoms. The zero-order chi connectivity index (χ0) is 20.1. The molecule has 0 bridgehead atoms. The van der Waals surface area contributed by atoms with Crippen molar-refractivity contribution in [1.29, 1.82) is 0 Å². The molecule has 2 aromatic rings. The van der Waals surface area contributed by atoms with E-state index in [0.29, 0.717) is 18.5 Å². The summed E-state index contributed by atoms with van der Waals surface area (Å²) in [6.45, 7) is 0.693. The third-order valence-electron chi connectivity index (χ3n) is 4.51. The molecule has 2 heterocycles. The van der Waals surface area contributed by atoms with Gasteiger partial charge in [-0.25, -0.2) is 4.98 Å². The molecule has 1 amide bonds. The molecule has 0 spiro atoms. The molecule has 0 N–H and O–H groups in total. The van der Waals surface area contributed by atoms with Crippen LogP contribution < -0.4 is 4.74 Å². The van der Waals surface area contributed by atoms with Gasteiger partial charge in [-0.3, -0.25) is 9.59 Å². The number of carbonyl (C=O) groups excluding carboxylic acids is 2. The molecule has 1 atom stereocenters. The smallest absolute Gasteiger partial charge is 0.416 e. The van der Waals surface area contributed by atoms with Crippen LogP contribution in [0.3, 0.4) is 0 Å². The number of nitrogens with zero attached hydrogens (tertiary/aromatic N) is 2. The number of alkyl halides is 3. The molecule has 1 aromatic heterocycles. The minimum Gasteiger partial charge on any atom is -0.472 e. The number of carbonyl (C=O) groups is 2. The van der Waals surface area contributed by atoms with E-state index in [2.05, 4.69) is 4.98 Å². The lowest BCUT2D eigenvalue weighted by Gasteiger charge is -2.17. The molecule has 5 nitrogen and oxygen atoms in total. The SMILES string of the molecule is O=C(CCC(=O)N1CCC(Oc2cc(C(F)(F)F)ccn2)C1)c1ccccc1. The van der Waals surface area contributed by atoms with Gasteiger partial charge in [-0.15, -0.1) is 0 Å². The summed E-state index contributed by atoms with van der Waals surface area (Å²) in [4.78, 5) is 29.8. The van der Waals surface area contributed by atoms with Gasteiger partial charge in [0.2, 0.25) is 11.8 Å². The van der Waals surface area contributed by atoms with E-state index in [1.54, 1.807) is 29.2 Å². The normalized spacial score (nSPS) is 16.8. The van der Waals surface area contributed by atoms with E-state index in [1.165, 1.54) is 0 Å². The van der Waals surface area contributed by atoms with Gasteiger partial charge in [0, 0.05) is 43.6 Å². The highest BCUT2D eigenvalue weighted by atomic mass is 19.4. The fourth-order valence-corrected chi connectivity index (χ4v) is 3.02. The fourth-order valence-electron chi connectivity index (χ4n) is 3.02. The van der Waals surface area contributed by atoms with Crippen molar-refractivity contribution in [2.24, 2.45) is 0 Å². The van der Waals surface area contributed by atoms with Crippen molar-refractivity contribution in [1.82, 2.24) is 9.88 Å². The van der Waals surface area contributed by atoms with Gasteiger partial charge in [0.05, 0.1) is 12.1 Å². The summed E-state index contributed by atoms with van der Waals surface area (Å²) in [5.74, 6) is -0.394. The quantitative estimate of drug-likeness (QED) is 0.703. The molecule has 0 aliphatic carbocycles. The Bertz CT molecular complexity index is 840. The monoisotopic (exact) mass is 392 g/mol. The Kier molecular flexibility index (Phi) is 5.96. The third kappa shape index (κ3) is 5.09. The molecule has 148 valence electrons. The number of hydrogen-bond acceptors (Lipinski definition) is 4. The number of likely N-dealkylation sites (tertiary alicyclic amines) is 1. The van der Waals surface area contributed by atoms with Crippen molar-refractivity contribution in [3.63, 3.8) is 0 Å². The lowest BCUT2D eigenvalue weighted by Crippen LogP contribution is -2.31. The van der Waals surface area contributed by atoms with Gasteiger partial charge in [0.25, 0.3) is 0 Å². The average Bonchev–Trinajstić information content (AvgIpc) is 3.14.